The Morgan fingerprint density at radius 1 is 1.55 bits per heavy atom. The van der Waals surface area contributed by atoms with Crippen molar-refractivity contribution in [3.05, 3.63) is 0 Å². The van der Waals surface area contributed by atoms with Gasteiger partial charge in [-0.25, -0.2) is 0 Å². The van der Waals surface area contributed by atoms with Gasteiger partial charge in [-0.05, 0) is 0 Å². The molecule has 0 bridgehead atoms. The zero-order valence-electron chi connectivity index (χ0n) is 6.30. The lowest BCUT2D eigenvalue weighted by Gasteiger charge is -2.34. The summed E-state index contributed by atoms with van der Waals surface area (Å²) in [6.45, 7) is 0. The van der Waals surface area contributed by atoms with Gasteiger partial charge in [0.05, 0.1) is 12.1 Å². The fraction of sp³-hybridized carbons (Fsp3) is 1.00. The third-order valence-corrected chi connectivity index (χ3v) is 3.11. The van der Waals surface area contributed by atoms with Gasteiger partial charge in [0.2, 0.25) is 0 Å². The molecule has 4 N–H and O–H groups in total. The topological polar surface area (TPSA) is 75.7 Å². The first-order valence-electron chi connectivity index (χ1n) is 3.43. The first-order valence-corrected chi connectivity index (χ1v) is 4.48. The Labute approximate surface area is 69.7 Å². The van der Waals surface area contributed by atoms with Gasteiger partial charge in [0, 0.05) is 12.9 Å². The molecule has 0 aliphatic carbocycles. The highest BCUT2D eigenvalue weighted by Crippen LogP contribution is 2.25. The van der Waals surface area contributed by atoms with Crippen LogP contribution in [0.2, 0.25) is 0 Å². The summed E-state index contributed by atoms with van der Waals surface area (Å²) in [5.41, 5.74) is 5.20. The number of hydrogen-bond donors (Lipinski definition) is 3. The van der Waals surface area contributed by atoms with Crippen molar-refractivity contribution in [1.29, 1.82) is 0 Å². The van der Waals surface area contributed by atoms with E-state index >= 15 is 0 Å². The lowest BCUT2D eigenvalue weighted by atomic mass is 10.1. The van der Waals surface area contributed by atoms with Crippen LogP contribution in [0.5, 0.6) is 0 Å². The molecule has 0 unspecified atom stereocenters. The zero-order chi connectivity index (χ0) is 8.43. The van der Waals surface area contributed by atoms with Crippen LogP contribution in [-0.2, 0) is 4.74 Å². The molecule has 1 rings (SSSR count). The molecule has 1 saturated heterocycles. The van der Waals surface area contributed by atoms with Crippen LogP contribution in [0.4, 0.5) is 0 Å². The summed E-state index contributed by atoms with van der Waals surface area (Å²) in [4.78, 5) is 0. The van der Waals surface area contributed by atoms with Crippen LogP contribution < -0.4 is 5.73 Å². The van der Waals surface area contributed by atoms with E-state index in [0.29, 0.717) is 5.75 Å². The Morgan fingerprint density at radius 3 is 2.73 bits per heavy atom. The van der Waals surface area contributed by atoms with Crippen molar-refractivity contribution < 1.29 is 14.9 Å². The van der Waals surface area contributed by atoms with Crippen molar-refractivity contribution in [3.8, 4) is 0 Å². The van der Waals surface area contributed by atoms with E-state index in [4.69, 9.17) is 10.5 Å². The quantitative estimate of drug-likeness (QED) is 0.469. The van der Waals surface area contributed by atoms with Crippen LogP contribution in [0.3, 0.4) is 0 Å². The van der Waals surface area contributed by atoms with E-state index in [2.05, 4.69) is 0 Å². The molecule has 66 valence electrons. The van der Waals surface area contributed by atoms with Crippen molar-refractivity contribution in [2.45, 2.75) is 23.7 Å². The molecule has 0 amide bonds. The second-order valence-electron chi connectivity index (χ2n) is 2.57. The van der Waals surface area contributed by atoms with Gasteiger partial charge in [-0.2, -0.15) is 0 Å². The minimum atomic E-state index is -0.770. The number of nitrogens with two attached hydrogens (primary N) is 1. The van der Waals surface area contributed by atoms with E-state index in [1.54, 1.807) is 0 Å². The van der Waals surface area contributed by atoms with Gasteiger partial charge < -0.3 is 20.7 Å². The standard InChI is InChI=1S/C6H13NO3S/c1-10-6-5(9)4(7)3(8)2-11-6/h3-6,8-9H,2,7H2,1H3/t3-,4+,5-,6+/m1/s1. The fourth-order valence-electron chi connectivity index (χ4n) is 1.02. The minimum Gasteiger partial charge on any atom is -0.391 e. The first kappa shape index (κ1) is 9.28. The number of rotatable bonds is 1. The van der Waals surface area contributed by atoms with Crippen molar-refractivity contribution in [1.82, 2.24) is 0 Å². The summed E-state index contributed by atoms with van der Waals surface area (Å²) in [6.07, 6.45) is -1.39. The molecule has 1 aliphatic rings. The Morgan fingerprint density at radius 2 is 2.18 bits per heavy atom. The summed E-state index contributed by atoms with van der Waals surface area (Å²) >= 11 is 1.38. The predicted octanol–water partition coefficient (Wildman–Crippen LogP) is -1.25. The molecule has 4 nitrogen and oxygen atoms in total. The average molecular weight is 179 g/mol. The second kappa shape index (κ2) is 3.73. The van der Waals surface area contributed by atoms with E-state index in [9.17, 15) is 10.2 Å². The van der Waals surface area contributed by atoms with Crippen LogP contribution in [0, 0.1) is 0 Å². The highest BCUT2D eigenvalue weighted by atomic mass is 32.2. The summed E-state index contributed by atoms with van der Waals surface area (Å²) < 4.78 is 4.94. The molecule has 0 radical (unpaired) electrons. The average Bonchev–Trinajstić information content (AvgIpc) is 2.01. The molecule has 11 heavy (non-hydrogen) atoms. The molecule has 4 atom stereocenters. The lowest BCUT2D eigenvalue weighted by Crippen LogP contribution is -2.54. The molecule has 0 aromatic rings. The number of methoxy groups -OCH3 is 1. The van der Waals surface area contributed by atoms with Gasteiger partial charge in [-0.3, -0.25) is 0 Å². The van der Waals surface area contributed by atoms with Crippen molar-refractivity contribution in [3.63, 3.8) is 0 Å². The predicted molar refractivity (Wildman–Crippen MR) is 43.2 cm³/mol. The molecular weight excluding hydrogens is 166 g/mol. The number of thioether (sulfide) groups is 1. The van der Waals surface area contributed by atoms with Gasteiger partial charge in [-0.15, -0.1) is 11.8 Å². The Kier molecular flexibility index (Phi) is 3.15. The normalized spacial score (nSPS) is 45.8. The van der Waals surface area contributed by atoms with Gasteiger partial charge in [0.15, 0.2) is 0 Å². The zero-order valence-corrected chi connectivity index (χ0v) is 7.12. The van der Waals surface area contributed by atoms with E-state index in [1.165, 1.54) is 18.9 Å². The lowest BCUT2D eigenvalue weighted by molar-refractivity contribution is -0.0108. The minimum absolute atomic E-state index is 0.298. The summed E-state index contributed by atoms with van der Waals surface area (Å²) in [6, 6.07) is -0.582. The van der Waals surface area contributed by atoms with Gasteiger partial charge in [0.25, 0.3) is 0 Å². The maximum absolute atomic E-state index is 9.38. The highest BCUT2D eigenvalue weighted by molar-refractivity contribution is 7.99. The smallest absolute Gasteiger partial charge is 0.130 e. The van der Waals surface area contributed by atoms with E-state index in [0.717, 1.165) is 0 Å². The van der Waals surface area contributed by atoms with E-state index in [1.807, 2.05) is 0 Å². The number of ether oxygens (including phenoxy) is 1. The molecule has 0 aromatic heterocycles. The second-order valence-corrected chi connectivity index (χ2v) is 3.70. The van der Waals surface area contributed by atoms with Crippen LogP contribution >= 0.6 is 11.8 Å². The Balaban J connectivity index is 2.52. The van der Waals surface area contributed by atoms with Gasteiger partial charge >= 0.3 is 0 Å². The molecule has 1 fully saturated rings. The van der Waals surface area contributed by atoms with E-state index < -0.39 is 18.2 Å². The molecule has 0 spiro atoms. The van der Waals surface area contributed by atoms with Gasteiger partial charge in [-0.1, -0.05) is 0 Å². The van der Waals surface area contributed by atoms with Crippen LogP contribution in [0.15, 0.2) is 0 Å². The van der Waals surface area contributed by atoms with Crippen molar-refractivity contribution in [2.24, 2.45) is 5.73 Å². The number of aliphatic hydroxyl groups is 2. The summed E-state index contributed by atoms with van der Waals surface area (Å²) in [5, 5.41) is 18.6. The molecular formula is C6H13NO3S. The number of aliphatic hydroxyl groups excluding tert-OH is 2. The summed E-state index contributed by atoms with van der Waals surface area (Å²) in [7, 11) is 1.52. The Bertz CT molecular complexity index is 133. The molecule has 1 heterocycles. The molecule has 1 aliphatic heterocycles. The number of hydrogen-bond acceptors (Lipinski definition) is 5. The Hall–Kier alpha value is 0.190. The third-order valence-electron chi connectivity index (χ3n) is 1.78. The monoisotopic (exact) mass is 179 g/mol. The maximum Gasteiger partial charge on any atom is 0.130 e. The van der Waals surface area contributed by atoms with Crippen molar-refractivity contribution >= 4 is 11.8 Å². The van der Waals surface area contributed by atoms with E-state index in [-0.39, 0.29) is 5.44 Å². The molecule has 5 heteroatoms. The van der Waals surface area contributed by atoms with Crippen molar-refractivity contribution in [2.75, 3.05) is 12.9 Å². The first-order chi connectivity index (χ1) is 5.16. The van der Waals surface area contributed by atoms with Gasteiger partial charge in [0.1, 0.15) is 11.5 Å². The van der Waals surface area contributed by atoms with Crippen LogP contribution in [0.25, 0.3) is 0 Å². The summed E-state index contributed by atoms with van der Waals surface area (Å²) in [5.74, 6) is 0.525. The largest absolute Gasteiger partial charge is 0.391 e. The highest BCUT2D eigenvalue weighted by Gasteiger charge is 2.35. The van der Waals surface area contributed by atoms with Crippen LogP contribution in [-0.4, -0.2) is 46.8 Å². The molecule has 0 aromatic carbocycles. The SMILES string of the molecule is CO[C@H]1SC[C@@H](O)[C@H](N)[C@H]1O. The third kappa shape index (κ3) is 1.86. The van der Waals surface area contributed by atoms with Crippen LogP contribution in [0.1, 0.15) is 0 Å². The fourth-order valence-corrected chi connectivity index (χ4v) is 2.14. The maximum atomic E-state index is 9.38. The molecule has 0 saturated carbocycles.